The number of Topliss-reactive ketones (excluding diaryl/α,β-unsaturated/α-hetero) is 1. The van der Waals surface area contributed by atoms with Gasteiger partial charge in [0, 0.05) is 12.3 Å². The number of carbonyl (C=O) groups excluding carboxylic acids is 3. The van der Waals surface area contributed by atoms with Gasteiger partial charge in [-0.25, -0.2) is 4.39 Å². The molecule has 7 heteroatoms. The topological polar surface area (TPSA) is 89.9 Å². The Hall–Kier alpha value is -2.28. The molecule has 2 rings (SSSR count). The number of rotatable bonds is 5. The smallest absolute Gasteiger partial charge is 0.317 e. The molecule has 1 saturated carbocycles. The second-order valence-corrected chi connectivity index (χ2v) is 8.00. The molecule has 1 aromatic carbocycles. The van der Waals surface area contributed by atoms with Crippen LogP contribution in [0.15, 0.2) is 24.3 Å². The molecule has 0 saturated heterocycles. The molecule has 1 fully saturated rings. The van der Waals surface area contributed by atoms with Gasteiger partial charge in [0.05, 0.1) is 23.7 Å². The van der Waals surface area contributed by atoms with E-state index < -0.39 is 59.1 Å². The van der Waals surface area contributed by atoms with Crippen molar-refractivity contribution < 1.29 is 33.4 Å². The van der Waals surface area contributed by atoms with Crippen LogP contribution in [0.25, 0.3) is 0 Å². The summed E-state index contributed by atoms with van der Waals surface area (Å²) in [7, 11) is 0. The number of hydrogen-bond donors (Lipinski definition) is 1. The molecule has 0 unspecified atom stereocenters. The lowest BCUT2D eigenvalue weighted by molar-refractivity contribution is -0.176. The Morgan fingerprint density at radius 2 is 1.57 bits per heavy atom. The predicted molar refractivity (Wildman–Crippen MR) is 98.8 cm³/mol. The summed E-state index contributed by atoms with van der Waals surface area (Å²) in [6, 6.07) is 5.16. The highest BCUT2D eigenvalue weighted by atomic mass is 19.1. The minimum Gasteiger partial charge on any atom is -0.463 e. The van der Waals surface area contributed by atoms with E-state index in [1.807, 2.05) is 0 Å². The van der Waals surface area contributed by atoms with Crippen LogP contribution in [0, 0.1) is 17.7 Å². The number of esters is 2. The fourth-order valence-corrected chi connectivity index (χ4v) is 3.71. The third kappa shape index (κ3) is 4.76. The summed E-state index contributed by atoms with van der Waals surface area (Å²) < 4.78 is 24.0. The third-order valence-electron chi connectivity index (χ3n) is 4.73. The Bertz CT molecular complexity index is 730. The van der Waals surface area contributed by atoms with Crippen LogP contribution in [0.5, 0.6) is 0 Å². The summed E-state index contributed by atoms with van der Waals surface area (Å²) in [4.78, 5) is 38.4. The molecule has 4 atom stereocenters. The zero-order valence-corrected chi connectivity index (χ0v) is 16.8. The van der Waals surface area contributed by atoms with Crippen molar-refractivity contribution in [3.05, 3.63) is 35.6 Å². The van der Waals surface area contributed by atoms with Crippen LogP contribution in [-0.4, -0.2) is 40.6 Å². The van der Waals surface area contributed by atoms with Gasteiger partial charge in [-0.1, -0.05) is 12.1 Å². The minimum atomic E-state index is -1.73. The van der Waals surface area contributed by atoms with Crippen LogP contribution < -0.4 is 0 Å². The van der Waals surface area contributed by atoms with Crippen LogP contribution in [0.1, 0.15) is 52.5 Å². The maximum Gasteiger partial charge on any atom is 0.317 e. The Balaban J connectivity index is 2.59. The van der Waals surface area contributed by atoms with E-state index in [0.717, 1.165) is 0 Å². The lowest BCUT2D eigenvalue weighted by Crippen LogP contribution is -2.55. The van der Waals surface area contributed by atoms with Gasteiger partial charge in [-0.2, -0.15) is 0 Å². The molecular weight excluding hydrogens is 367 g/mol. The zero-order chi connectivity index (χ0) is 21.2. The summed E-state index contributed by atoms with van der Waals surface area (Å²) in [6.07, 6.45) is -1.30. The standard InChI is InChI=1S/C21H27FO6/c1-11(2)27-19(24)17-15(23)10-21(5,26)18(20(25)28-12(3)4)16(17)13-6-8-14(22)9-7-13/h6-9,11-12,16-18,26H,10H2,1-5H3/t16-,17-,18+,21+/m1/s1. The van der Waals surface area contributed by atoms with Gasteiger partial charge < -0.3 is 14.6 Å². The van der Waals surface area contributed by atoms with Crippen molar-refractivity contribution >= 4 is 17.7 Å². The van der Waals surface area contributed by atoms with Crippen LogP contribution in [-0.2, 0) is 23.9 Å². The average molecular weight is 394 g/mol. The van der Waals surface area contributed by atoms with Crippen molar-refractivity contribution in [3.8, 4) is 0 Å². The SMILES string of the molecule is CC(C)OC(=O)[C@@H]1C(=O)C[C@](C)(O)[C@H](C(=O)OC(C)C)[C@@H]1c1ccc(F)cc1. The van der Waals surface area contributed by atoms with Crippen molar-refractivity contribution in [1.82, 2.24) is 0 Å². The summed E-state index contributed by atoms with van der Waals surface area (Å²) in [5, 5.41) is 10.9. The Morgan fingerprint density at radius 3 is 2.07 bits per heavy atom. The highest BCUT2D eigenvalue weighted by Gasteiger charge is 2.57. The van der Waals surface area contributed by atoms with E-state index in [1.165, 1.54) is 31.2 Å². The van der Waals surface area contributed by atoms with Crippen LogP contribution in [0.4, 0.5) is 4.39 Å². The summed E-state index contributed by atoms with van der Waals surface area (Å²) in [5.41, 5.74) is -1.34. The molecule has 6 nitrogen and oxygen atoms in total. The largest absolute Gasteiger partial charge is 0.463 e. The number of ketones is 1. The van der Waals surface area contributed by atoms with E-state index >= 15 is 0 Å². The number of aliphatic hydroxyl groups is 1. The van der Waals surface area contributed by atoms with Crippen molar-refractivity contribution in [2.45, 2.75) is 64.8 Å². The van der Waals surface area contributed by atoms with Gasteiger partial charge in [0.25, 0.3) is 0 Å². The van der Waals surface area contributed by atoms with Gasteiger partial charge in [0.2, 0.25) is 0 Å². The van der Waals surface area contributed by atoms with Crippen molar-refractivity contribution in [3.63, 3.8) is 0 Å². The molecule has 1 aliphatic carbocycles. The number of carbonyl (C=O) groups is 3. The first-order chi connectivity index (χ1) is 12.9. The van der Waals surface area contributed by atoms with Crippen molar-refractivity contribution in [2.75, 3.05) is 0 Å². The minimum absolute atomic E-state index is 0.381. The van der Waals surface area contributed by atoms with Crippen molar-refractivity contribution in [1.29, 1.82) is 0 Å². The summed E-state index contributed by atoms with van der Waals surface area (Å²) in [5.74, 6) is -6.04. The molecule has 1 aromatic rings. The highest BCUT2D eigenvalue weighted by molar-refractivity contribution is 6.02. The van der Waals surface area contributed by atoms with Crippen LogP contribution >= 0.6 is 0 Å². The monoisotopic (exact) mass is 394 g/mol. The second-order valence-electron chi connectivity index (χ2n) is 8.00. The Kier molecular flexibility index (Phi) is 6.59. The molecule has 0 amide bonds. The number of hydrogen-bond acceptors (Lipinski definition) is 6. The number of ether oxygens (including phenoxy) is 2. The second kappa shape index (κ2) is 8.39. The molecule has 154 valence electrons. The molecule has 0 spiro atoms. The van der Waals surface area contributed by atoms with Gasteiger partial charge in [-0.15, -0.1) is 0 Å². The van der Waals surface area contributed by atoms with Crippen LogP contribution in [0.2, 0.25) is 0 Å². The lowest BCUT2D eigenvalue weighted by Gasteiger charge is -2.44. The quantitative estimate of drug-likeness (QED) is 0.610. The van der Waals surface area contributed by atoms with Gasteiger partial charge in [-0.3, -0.25) is 14.4 Å². The Morgan fingerprint density at radius 1 is 1.07 bits per heavy atom. The fraction of sp³-hybridized carbons (Fsp3) is 0.571. The van der Waals surface area contributed by atoms with E-state index in [2.05, 4.69) is 0 Å². The summed E-state index contributed by atoms with van der Waals surface area (Å²) in [6.45, 7) is 8.01. The van der Waals surface area contributed by atoms with Crippen molar-refractivity contribution in [2.24, 2.45) is 11.8 Å². The highest BCUT2D eigenvalue weighted by Crippen LogP contribution is 2.47. The number of halogens is 1. The van der Waals surface area contributed by atoms with E-state index in [0.29, 0.717) is 5.56 Å². The van der Waals surface area contributed by atoms with E-state index in [-0.39, 0.29) is 6.42 Å². The fourth-order valence-electron chi connectivity index (χ4n) is 3.71. The summed E-state index contributed by atoms with van der Waals surface area (Å²) >= 11 is 0. The van der Waals surface area contributed by atoms with Gasteiger partial charge in [0.1, 0.15) is 11.7 Å². The normalized spacial score (nSPS) is 27.8. The molecule has 1 aliphatic rings. The number of benzene rings is 1. The van der Waals surface area contributed by atoms with Crippen LogP contribution in [0.3, 0.4) is 0 Å². The molecule has 0 heterocycles. The van der Waals surface area contributed by atoms with E-state index in [9.17, 15) is 23.9 Å². The lowest BCUT2D eigenvalue weighted by atomic mass is 9.61. The molecule has 28 heavy (non-hydrogen) atoms. The first-order valence-electron chi connectivity index (χ1n) is 9.35. The van der Waals surface area contributed by atoms with Gasteiger partial charge >= 0.3 is 11.9 Å². The van der Waals surface area contributed by atoms with E-state index in [4.69, 9.17) is 9.47 Å². The molecular formula is C21H27FO6. The van der Waals surface area contributed by atoms with Gasteiger partial charge in [0.15, 0.2) is 5.78 Å². The molecule has 0 aliphatic heterocycles. The zero-order valence-electron chi connectivity index (χ0n) is 16.8. The first kappa shape index (κ1) is 22.0. The molecule has 0 radical (unpaired) electrons. The third-order valence-corrected chi connectivity index (χ3v) is 4.73. The first-order valence-corrected chi connectivity index (χ1v) is 9.35. The molecule has 0 aromatic heterocycles. The maximum atomic E-state index is 13.4. The molecule has 1 N–H and O–H groups in total. The van der Waals surface area contributed by atoms with Gasteiger partial charge in [-0.05, 0) is 52.3 Å². The molecule has 0 bridgehead atoms. The Labute approximate surface area is 164 Å². The van der Waals surface area contributed by atoms with E-state index in [1.54, 1.807) is 27.7 Å². The maximum absolute atomic E-state index is 13.4. The predicted octanol–water partition coefficient (Wildman–Crippen LogP) is 2.77. The average Bonchev–Trinajstić information content (AvgIpc) is 2.52.